The summed E-state index contributed by atoms with van der Waals surface area (Å²) in [6.45, 7) is 3.06. The molecule has 2 aliphatic rings. The van der Waals surface area contributed by atoms with Crippen LogP contribution in [0.2, 0.25) is 0 Å². The summed E-state index contributed by atoms with van der Waals surface area (Å²) in [7, 11) is 0. The molecule has 3 rings (SSSR count). The first-order valence-electron chi connectivity index (χ1n) is 9.00. The molecule has 0 saturated heterocycles. The highest BCUT2D eigenvalue weighted by Crippen LogP contribution is 2.29. The van der Waals surface area contributed by atoms with Gasteiger partial charge in [-0.05, 0) is 48.1 Å². The number of aldehydes is 1. The minimum absolute atomic E-state index is 0.423. The maximum absolute atomic E-state index is 11.1. The van der Waals surface area contributed by atoms with Crippen LogP contribution in [0.3, 0.4) is 0 Å². The summed E-state index contributed by atoms with van der Waals surface area (Å²) >= 11 is 0. The summed E-state index contributed by atoms with van der Waals surface area (Å²) in [6.07, 6.45) is 19.8. The third kappa shape index (κ3) is 5.09. The lowest BCUT2D eigenvalue weighted by atomic mass is 10.1. The van der Waals surface area contributed by atoms with Gasteiger partial charge in [0.1, 0.15) is 19.5 Å². The fourth-order valence-corrected chi connectivity index (χ4v) is 2.77. The SMILES string of the molecule is CC1C=CC=C(COc2ccc(C=O)cc2OCC2=CCCC=C2)C=C1. The number of rotatable bonds is 7. The predicted octanol–water partition coefficient (Wildman–Crippen LogP) is 5.22. The molecule has 1 aromatic carbocycles. The Morgan fingerprint density at radius 1 is 1.04 bits per heavy atom. The highest BCUT2D eigenvalue weighted by molar-refractivity contribution is 5.76. The molecule has 1 unspecified atom stereocenters. The fraction of sp³-hybridized carbons (Fsp3) is 0.261. The summed E-state index contributed by atoms with van der Waals surface area (Å²) < 4.78 is 11.9. The van der Waals surface area contributed by atoms with Crippen molar-refractivity contribution in [3.63, 3.8) is 0 Å². The standard InChI is InChI=1S/C23H24O3/c1-18-6-5-9-20(11-10-18)17-25-22-13-12-21(15-24)14-23(22)26-16-19-7-3-2-4-8-19/h3,5-15,18H,2,4,16-17H2,1H3. The summed E-state index contributed by atoms with van der Waals surface area (Å²) in [5.74, 6) is 1.66. The molecule has 0 fully saturated rings. The Labute approximate surface area is 155 Å². The van der Waals surface area contributed by atoms with Crippen LogP contribution in [0.25, 0.3) is 0 Å². The van der Waals surface area contributed by atoms with E-state index in [1.807, 2.05) is 0 Å². The maximum atomic E-state index is 11.1. The lowest BCUT2D eigenvalue weighted by Gasteiger charge is -2.15. The molecule has 0 aromatic heterocycles. The van der Waals surface area contributed by atoms with Gasteiger partial charge in [0.2, 0.25) is 0 Å². The summed E-state index contributed by atoms with van der Waals surface area (Å²) in [6, 6.07) is 5.27. The number of benzene rings is 1. The molecule has 0 spiro atoms. The smallest absolute Gasteiger partial charge is 0.162 e. The van der Waals surface area contributed by atoms with Crippen molar-refractivity contribution >= 4 is 6.29 Å². The fourth-order valence-electron chi connectivity index (χ4n) is 2.77. The number of hydrogen-bond donors (Lipinski definition) is 0. The van der Waals surface area contributed by atoms with Crippen LogP contribution in [0.4, 0.5) is 0 Å². The van der Waals surface area contributed by atoms with Gasteiger partial charge in [0.15, 0.2) is 11.5 Å². The van der Waals surface area contributed by atoms with Crippen LogP contribution < -0.4 is 9.47 Å². The molecule has 2 aliphatic carbocycles. The van der Waals surface area contributed by atoms with E-state index in [-0.39, 0.29) is 0 Å². The van der Waals surface area contributed by atoms with E-state index < -0.39 is 0 Å². The molecule has 1 aromatic rings. The van der Waals surface area contributed by atoms with E-state index in [2.05, 4.69) is 55.5 Å². The number of carbonyl (C=O) groups excluding carboxylic acids is 1. The average Bonchev–Trinajstić information content (AvgIpc) is 2.90. The largest absolute Gasteiger partial charge is 0.485 e. The average molecular weight is 348 g/mol. The Morgan fingerprint density at radius 2 is 1.88 bits per heavy atom. The molecule has 3 nitrogen and oxygen atoms in total. The molecule has 3 heteroatoms. The molecule has 26 heavy (non-hydrogen) atoms. The normalized spacial score (nSPS) is 18.7. The van der Waals surface area contributed by atoms with Gasteiger partial charge in [0.05, 0.1) is 0 Å². The molecular weight excluding hydrogens is 324 g/mol. The van der Waals surface area contributed by atoms with Crippen molar-refractivity contribution in [1.82, 2.24) is 0 Å². The quantitative estimate of drug-likeness (QED) is 0.634. The van der Waals surface area contributed by atoms with Gasteiger partial charge in [0.25, 0.3) is 0 Å². The zero-order chi connectivity index (χ0) is 18.2. The Kier molecular flexibility index (Phi) is 6.26. The maximum Gasteiger partial charge on any atom is 0.162 e. The number of hydrogen-bond acceptors (Lipinski definition) is 3. The third-order valence-corrected chi connectivity index (χ3v) is 4.30. The molecule has 0 radical (unpaired) electrons. The first-order chi connectivity index (χ1) is 12.7. The van der Waals surface area contributed by atoms with Crippen molar-refractivity contribution in [2.75, 3.05) is 13.2 Å². The van der Waals surface area contributed by atoms with E-state index >= 15 is 0 Å². The van der Waals surface area contributed by atoms with Crippen LogP contribution in [0, 0.1) is 5.92 Å². The lowest BCUT2D eigenvalue weighted by molar-refractivity contribution is 0.112. The van der Waals surface area contributed by atoms with Crippen molar-refractivity contribution in [1.29, 1.82) is 0 Å². The molecule has 0 aliphatic heterocycles. The Morgan fingerprint density at radius 3 is 2.69 bits per heavy atom. The van der Waals surface area contributed by atoms with Crippen LogP contribution in [0.5, 0.6) is 11.5 Å². The van der Waals surface area contributed by atoms with E-state index in [4.69, 9.17) is 9.47 Å². The Hall–Kier alpha value is -2.81. The second-order valence-corrected chi connectivity index (χ2v) is 6.50. The zero-order valence-corrected chi connectivity index (χ0v) is 15.1. The summed E-state index contributed by atoms with van der Waals surface area (Å²) in [5, 5.41) is 0. The Balaban J connectivity index is 1.69. The monoisotopic (exact) mass is 348 g/mol. The first-order valence-corrected chi connectivity index (χ1v) is 9.00. The van der Waals surface area contributed by atoms with Crippen LogP contribution in [0.15, 0.2) is 78.0 Å². The summed E-state index contributed by atoms with van der Waals surface area (Å²) in [4.78, 5) is 11.1. The minimum Gasteiger partial charge on any atom is -0.485 e. The van der Waals surface area contributed by atoms with Gasteiger partial charge < -0.3 is 9.47 Å². The Bertz CT molecular complexity index is 794. The first kappa shape index (κ1) is 18.0. The highest BCUT2D eigenvalue weighted by atomic mass is 16.5. The van der Waals surface area contributed by atoms with Crippen LogP contribution in [-0.2, 0) is 0 Å². The van der Waals surface area contributed by atoms with Gasteiger partial charge >= 0.3 is 0 Å². The van der Waals surface area contributed by atoms with Crippen molar-refractivity contribution in [3.8, 4) is 11.5 Å². The second kappa shape index (κ2) is 9.04. The van der Waals surface area contributed by atoms with Gasteiger partial charge in [-0.15, -0.1) is 0 Å². The van der Waals surface area contributed by atoms with Gasteiger partial charge in [-0.3, -0.25) is 4.79 Å². The van der Waals surface area contributed by atoms with Gasteiger partial charge in [0, 0.05) is 5.56 Å². The van der Waals surface area contributed by atoms with E-state index in [0.717, 1.165) is 30.3 Å². The van der Waals surface area contributed by atoms with Gasteiger partial charge in [-0.25, -0.2) is 0 Å². The highest BCUT2D eigenvalue weighted by Gasteiger charge is 2.09. The zero-order valence-electron chi connectivity index (χ0n) is 15.1. The molecule has 0 amide bonds. The molecule has 0 saturated carbocycles. The molecule has 0 heterocycles. The second-order valence-electron chi connectivity index (χ2n) is 6.50. The van der Waals surface area contributed by atoms with Crippen molar-refractivity contribution in [2.24, 2.45) is 5.92 Å². The lowest BCUT2D eigenvalue weighted by Crippen LogP contribution is -2.05. The minimum atomic E-state index is 0.423. The van der Waals surface area contributed by atoms with Crippen molar-refractivity contribution < 1.29 is 14.3 Å². The van der Waals surface area contributed by atoms with Crippen LogP contribution in [-0.4, -0.2) is 19.5 Å². The molecule has 134 valence electrons. The van der Waals surface area contributed by atoms with E-state index in [1.165, 1.54) is 0 Å². The number of carbonyl (C=O) groups is 1. The molecule has 0 bridgehead atoms. The van der Waals surface area contributed by atoms with E-state index in [0.29, 0.717) is 36.2 Å². The van der Waals surface area contributed by atoms with Gasteiger partial charge in [-0.1, -0.05) is 55.5 Å². The van der Waals surface area contributed by atoms with E-state index in [9.17, 15) is 4.79 Å². The summed E-state index contributed by atoms with van der Waals surface area (Å²) in [5.41, 5.74) is 2.81. The molecule has 0 N–H and O–H groups in total. The number of ether oxygens (including phenoxy) is 2. The van der Waals surface area contributed by atoms with Crippen molar-refractivity contribution in [3.05, 3.63) is 83.5 Å². The van der Waals surface area contributed by atoms with Crippen molar-refractivity contribution in [2.45, 2.75) is 19.8 Å². The number of allylic oxidation sites excluding steroid dienone is 6. The van der Waals surface area contributed by atoms with E-state index in [1.54, 1.807) is 18.2 Å². The predicted molar refractivity (Wildman–Crippen MR) is 105 cm³/mol. The molecular formula is C23H24O3. The van der Waals surface area contributed by atoms with Crippen LogP contribution in [0.1, 0.15) is 30.1 Å². The van der Waals surface area contributed by atoms with Crippen LogP contribution >= 0.6 is 0 Å². The topological polar surface area (TPSA) is 35.5 Å². The van der Waals surface area contributed by atoms with Gasteiger partial charge in [-0.2, -0.15) is 0 Å². The third-order valence-electron chi connectivity index (χ3n) is 4.30. The molecule has 1 atom stereocenters.